The third-order valence-electron chi connectivity index (χ3n) is 2.41. The number of hydrogen-bond donors (Lipinski definition) is 0. The van der Waals surface area contributed by atoms with E-state index in [0.29, 0.717) is 15.8 Å². The lowest BCUT2D eigenvalue weighted by molar-refractivity contribution is 0.0397. The van der Waals surface area contributed by atoms with Crippen molar-refractivity contribution in [2.24, 2.45) is 5.41 Å². The fourth-order valence-electron chi connectivity index (χ4n) is 1.26. The molecule has 1 aromatic rings. The van der Waals surface area contributed by atoms with Crippen LogP contribution < -0.4 is 0 Å². The molecule has 0 amide bonds. The zero-order chi connectivity index (χ0) is 13.1. The number of hydrogen-bond acceptors (Lipinski definition) is 3. The Morgan fingerprint density at radius 1 is 1.47 bits per heavy atom. The first-order valence-corrected chi connectivity index (χ1v) is 6.90. The SMILES string of the molecule is CC(OCCC(C)(C)C)C(=O)c1ccc(Cl)s1. The summed E-state index contributed by atoms with van der Waals surface area (Å²) in [5.74, 6) is 0.0100. The van der Waals surface area contributed by atoms with E-state index in [-0.39, 0.29) is 11.2 Å². The maximum absolute atomic E-state index is 11.9. The number of Topliss-reactive ketones (excluding diaryl/α,β-unsaturated/α-hetero) is 1. The van der Waals surface area contributed by atoms with Gasteiger partial charge < -0.3 is 4.74 Å². The average Bonchev–Trinajstić information content (AvgIpc) is 2.61. The van der Waals surface area contributed by atoms with Gasteiger partial charge in [0.1, 0.15) is 6.10 Å². The number of ether oxygens (including phenoxy) is 1. The summed E-state index contributed by atoms with van der Waals surface area (Å²) in [4.78, 5) is 12.6. The molecule has 0 saturated carbocycles. The summed E-state index contributed by atoms with van der Waals surface area (Å²) in [5, 5.41) is 0. The summed E-state index contributed by atoms with van der Waals surface area (Å²) in [7, 11) is 0. The minimum absolute atomic E-state index is 0.0100. The molecule has 0 spiro atoms. The van der Waals surface area contributed by atoms with Crippen LogP contribution in [0.1, 0.15) is 43.8 Å². The molecule has 1 rings (SSSR count). The third kappa shape index (κ3) is 5.19. The standard InChI is InChI=1S/C13H19ClO2S/c1-9(16-8-7-13(2,3)4)12(15)10-5-6-11(14)17-10/h5-6,9H,7-8H2,1-4H3. The lowest BCUT2D eigenvalue weighted by atomic mass is 9.93. The van der Waals surface area contributed by atoms with Crippen LogP contribution in [-0.2, 0) is 4.74 Å². The van der Waals surface area contributed by atoms with Gasteiger partial charge in [0.15, 0.2) is 0 Å². The summed E-state index contributed by atoms with van der Waals surface area (Å²) < 4.78 is 6.19. The van der Waals surface area contributed by atoms with Crippen LogP contribution in [0.5, 0.6) is 0 Å². The van der Waals surface area contributed by atoms with Gasteiger partial charge in [-0.05, 0) is 30.9 Å². The zero-order valence-corrected chi connectivity index (χ0v) is 12.3. The summed E-state index contributed by atoms with van der Waals surface area (Å²) in [5.41, 5.74) is 0.231. The van der Waals surface area contributed by atoms with Crippen LogP contribution in [0.15, 0.2) is 12.1 Å². The highest BCUT2D eigenvalue weighted by molar-refractivity contribution is 7.18. The first kappa shape index (κ1) is 14.7. The Morgan fingerprint density at radius 3 is 2.59 bits per heavy atom. The zero-order valence-electron chi connectivity index (χ0n) is 10.7. The molecule has 4 heteroatoms. The van der Waals surface area contributed by atoms with E-state index in [9.17, 15) is 4.79 Å². The molecule has 1 atom stereocenters. The second kappa shape index (κ2) is 5.98. The van der Waals surface area contributed by atoms with Gasteiger partial charge >= 0.3 is 0 Å². The highest BCUT2D eigenvalue weighted by Crippen LogP contribution is 2.23. The molecule has 0 aliphatic heterocycles. The molecule has 96 valence electrons. The summed E-state index contributed by atoms with van der Waals surface area (Å²) in [6.07, 6.45) is 0.544. The van der Waals surface area contributed by atoms with Crippen molar-refractivity contribution in [3.05, 3.63) is 21.3 Å². The predicted molar refractivity (Wildman–Crippen MR) is 73.1 cm³/mol. The van der Waals surface area contributed by atoms with Crippen LogP contribution in [0, 0.1) is 5.41 Å². The molecule has 0 aromatic carbocycles. The summed E-state index contributed by atoms with van der Waals surface area (Å²) in [6.45, 7) is 8.86. The number of rotatable bonds is 5. The molecule has 17 heavy (non-hydrogen) atoms. The van der Waals surface area contributed by atoms with E-state index in [2.05, 4.69) is 20.8 Å². The molecule has 1 aromatic heterocycles. The number of thiophene rings is 1. The van der Waals surface area contributed by atoms with Crippen molar-refractivity contribution in [3.63, 3.8) is 0 Å². The van der Waals surface area contributed by atoms with Crippen molar-refractivity contribution in [1.82, 2.24) is 0 Å². The summed E-state index contributed by atoms with van der Waals surface area (Å²) in [6, 6.07) is 3.49. The van der Waals surface area contributed by atoms with Gasteiger partial charge in [0.05, 0.1) is 9.21 Å². The Balaban J connectivity index is 2.43. The molecule has 0 fully saturated rings. The molecule has 0 radical (unpaired) electrons. The molecule has 2 nitrogen and oxygen atoms in total. The fourth-order valence-corrected chi connectivity index (χ4v) is 2.33. The Kier molecular flexibility index (Phi) is 5.17. The molecule has 0 aliphatic rings. The van der Waals surface area contributed by atoms with Crippen LogP contribution >= 0.6 is 22.9 Å². The number of carbonyl (C=O) groups excluding carboxylic acids is 1. The number of carbonyl (C=O) groups is 1. The van der Waals surface area contributed by atoms with Crippen molar-refractivity contribution in [2.75, 3.05) is 6.61 Å². The van der Waals surface area contributed by atoms with Gasteiger partial charge in [0.25, 0.3) is 0 Å². The minimum atomic E-state index is -0.396. The summed E-state index contributed by atoms with van der Waals surface area (Å²) >= 11 is 7.10. The van der Waals surface area contributed by atoms with E-state index >= 15 is 0 Å². The third-order valence-corrected chi connectivity index (χ3v) is 3.65. The van der Waals surface area contributed by atoms with Gasteiger partial charge in [-0.25, -0.2) is 0 Å². The minimum Gasteiger partial charge on any atom is -0.370 e. The second-order valence-corrected chi connectivity index (χ2v) is 7.01. The van der Waals surface area contributed by atoms with Gasteiger partial charge in [-0.2, -0.15) is 0 Å². The number of ketones is 1. The van der Waals surface area contributed by atoms with Gasteiger partial charge in [-0.1, -0.05) is 32.4 Å². The number of halogens is 1. The Morgan fingerprint density at radius 2 is 2.12 bits per heavy atom. The van der Waals surface area contributed by atoms with Crippen LogP contribution in [0.4, 0.5) is 0 Å². The molecule has 1 heterocycles. The normalized spacial score (nSPS) is 13.7. The van der Waals surface area contributed by atoms with Crippen LogP contribution in [0.2, 0.25) is 4.34 Å². The van der Waals surface area contributed by atoms with Crippen molar-refractivity contribution >= 4 is 28.7 Å². The van der Waals surface area contributed by atoms with Crippen LogP contribution in [0.25, 0.3) is 0 Å². The topological polar surface area (TPSA) is 26.3 Å². The lowest BCUT2D eigenvalue weighted by Crippen LogP contribution is -2.22. The Bertz CT molecular complexity index is 379. The molecule has 0 aliphatic carbocycles. The van der Waals surface area contributed by atoms with Gasteiger partial charge in [-0.15, -0.1) is 11.3 Å². The average molecular weight is 275 g/mol. The maximum Gasteiger partial charge on any atom is 0.201 e. The smallest absolute Gasteiger partial charge is 0.201 e. The van der Waals surface area contributed by atoms with E-state index < -0.39 is 6.10 Å². The molecule has 1 unspecified atom stereocenters. The van der Waals surface area contributed by atoms with E-state index in [1.54, 1.807) is 19.1 Å². The second-order valence-electron chi connectivity index (χ2n) is 5.29. The van der Waals surface area contributed by atoms with E-state index in [0.717, 1.165) is 6.42 Å². The molecule has 0 N–H and O–H groups in total. The molecular weight excluding hydrogens is 256 g/mol. The highest BCUT2D eigenvalue weighted by atomic mass is 35.5. The van der Waals surface area contributed by atoms with Crippen molar-refractivity contribution < 1.29 is 9.53 Å². The van der Waals surface area contributed by atoms with Gasteiger partial charge in [0.2, 0.25) is 5.78 Å². The quantitative estimate of drug-likeness (QED) is 0.743. The lowest BCUT2D eigenvalue weighted by Gasteiger charge is -2.19. The Labute approximate surface area is 112 Å². The monoisotopic (exact) mass is 274 g/mol. The highest BCUT2D eigenvalue weighted by Gasteiger charge is 2.18. The van der Waals surface area contributed by atoms with Crippen LogP contribution in [0.3, 0.4) is 0 Å². The Hall–Kier alpha value is -0.380. The van der Waals surface area contributed by atoms with E-state index in [1.807, 2.05) is 0 Å². The van der Waals surface area contributed by atoms with E-state index in [4.69, 9.17) is 16.3 Å². The molecule has 0 bridgehead atoms. The first-order chi connectivity index (χ1) is 7.79. The van der Waals surface area contributed by atoms with E-state index in [1.165, 1.54) is 11.3 Å². The largest absolute Gasteiger partial charge is 0.370 e. The van der Waals surface area contributed by atoms with Crippen molar-refractivity contribution in [2.45, 2.75) is 40.2 Å². The van der Waals surface area contributed by atoms with Crippen molar-refractivity contribution in [3.8, 4) is 0 Å². The van der Waals surface area contributed by atoms with Gasteiger partial charge in [0, 0.05) is 6.61 Å². The van der Waals surface area contributed by atoms with Gasteiger partial charge in [-0.3, -0.25) is 4.79 Å². The van der Waals surface area contributed by atoms with Crippen molar-refractivity contribution in [1.29, 1.82) is 0 Å². The van der Waals surface area contributed by atoms with Crippen LogP contribution in [-0.4, -0.2) is 18.5 Å². The first-order valence-electron chi connectivity index (χ1n) is 5.71. The molecular formula is C13H19ClO2S. The predicted octanol–water partition coefficient (Wildman–Crippen LogP) is 4.43. The maximum atomic E-state index is 11.9. The molecule has 0 saturated heterocycles. The fraction of sp³-hybridized carbons (Fsp3) is 0.615.